The number of hydrogen-bond acceptors (Lipinski definition) is 4. The van der Waals surface area contributed by atoms with E-state index in [4.69, 9.17) is 9.47 Å². The predicted octanol–water partition coefficient (Wildman–Crippen LogP) is 4.12. The summed E-state index contributed by atoms with van der Waals surface area (Å²) in [4.78, 5) is 6.80. The Kier molecular flexibility index (Phi) is 5.27. The zero-order chi connectivity index (χ0) is 24.2. The smallest absolute Gasteiger partial charge is 0.434 e. The van der Waals surface area contributed by atoms with Crippen LogP contribution in [0.4, 0.5) is 26.3 Å². The highest BCUT2D eigenvalue weighted by atomic mass is 19.4. The SMILES string of the molecule is COc1ccc(C2=C(c3ccc(OC)cc3)[NH+]3C(C)=NC(C(F)(F)F)(C(F)(F)F)C3=N2)cc1. The van der Waals surface area contributed by atoms with E-state index in [2.05, 4.69) is 9.98 Å². The molecule has 0 fully saturated rings. The Bertz CT molecular complexity index is 1150. The summed E-state index contributed by atoms with van der Waals surface area (Å²) in [5.74, 6) is -0.609. The van der Waals surface area contributed by atoms with Crippen molar-refractivity contribution in [3.8, 4) is 11.5 Å². The third-order valence-electron chi connectivity index (χ3n) is 5.55. The number of fused-ring (bicyclic) bond motifs is 1. The van der Waals surface area contributed by atoms with E-state index in [0.717, 1.165) is 6.92 Å². The average Bonchev–Trinajstić information content (AvgIpc) is 3.29. The number of nitrogens with zero attached hydrogens (tertiary/aromatic N) is 2. The van der Waals surface area contributed by atoms with Crippen LogP contribution in [-0.2, 0) is 0 Å². The molecule has 2 aliphatic rings. The van der Waals surface area contributed by atoms with Gasteiger partial charge in [0.05, 0.1) is 14.2 Å². The largest absolute Gasteiger partial charge is 0.497 e. The molecular formula is C22H18F6N3O2+. The second kappa shape index (κ2) is 7.62. The number of amidine groups is 2. The fourth-order valence-corrected chi connectivity index (χ4v) is 3.99. The molecule has 2 aromatic carbocycles. The average molecular weight is 470 g/mol. The number of quaternary nitrogens is 1. The molecule has 0 saturated carbocycles. The maximum atomic E-state index is 14.0. The molecule has 5 nitrogen and oxygen atoms in total. The molecule has 0 aliphatic carbocycles. The van der Waals surface area contributed by atoms with Gasteiger partial charge in [0.2, 0.25) is 5.84 Å². The second-order valence-corrected chi connectivity index (χ2v) is 7.42. The van der Waals surface area contributed by atoms with Crippen LogP contribution in [-0.4, -0.2) is 43.8 Å². The van der Waals surface area contributed by atoms with E-state index in [1.807, 2.05) is 0 Å². The molecular weight excluding hydrogens is 452 g/mol. The van der Waals surface area contributed by atoms with Gasteiger partial charge in [0.25, 0.3) is 5.84 Å². The first-order chi connectivity index (χ1) is 15.4. The maximum Gasteiger partial charge on any atom is 0.434 e. The van der Waals surface area contributed by atoms with Crippen LogP contribution in [0.1, 0.15) is 18.1 Å². The Morgan fingerprint density at radius 3 is 1.64 bits per heavy atom. The monoisotopic (exact) mass is 470 g/mol. The Hall–Kier alpha value is -3.34. The van der Waals surface area contributed by atoms with Gasteiger partial charge < -0.3 is 9.47 Å². The topological polar surface area (TPSA) is 47.6 Å². The highest BCUT2D eigenvalue weighted by Gasteiger charge is 2.82. The molecule has 2 aliphatic heterocycles. The van der Waals surface area contributed by atoms with Crippen molar-refractivity contribution in [1.82, 2.24) is 0 Å². The zero-order valence-electron chi connectivity index (χ0n) is 17.6. The number of alkyl halides is 6. The van der Waals surface area contributed by atoms with Gasteiger partial charge in [0, 0.05) is 18.1 Å². The summed E-state index contributed by atoms with van der Waals surface area (Å²) in [7, 11) is 2.88. The molecule has 1 atom stereocenters. The Balaban J connectivity index is 1.98. The molecule has 0 bridgehead atoms. The molecule has 33 heavy (non-hydrogen) atoms. The van der Waals surface area contributed by atoms with E-state index in [1.54, 1.807) is 36.4 Å². The number of ether oxygens (including phenoxy) is 2. The summed E-state index contributed by atoms with van der Waals surface area (Å²) in [6, 6.07) is 12.4. The van der Waals surface area contributed by atoms with Crippen molar-refractivity contribution in [2.24, 2.45) is 9.98 Å². The summed E-state index contributed by atoms with van der Waals surface area (Å²) in [6.45, 7) is 1.13. The van der Waals surface area contributed by atoms with Crippen molar-refractivity contribution < 1.29 is 40.7 Å². The Morgan fingerprint density at radius 1 is 0.758 bits per heavy atom. The molecule has 1 unspecified atom stereocenters. The van der Waals surface area contributed by atoms with Gasteiger partial charge in [0.1, 0.15) is 17.2 Å². The highest BCUT2D eigenvalue weighted by molar-refractivity contribution is 6.12. The van der Waals surface area contributed by atoms with Gasteiger partial charge in [-0.2, -0.15) is 31.3 Å². The normalized spacial score (nSPS) is 19.8. The van der Waals surface area contributed by atoms with Crippen LogP contribution in [0.2, 0.25) is 0 Å². The first kappa shape index (κ1) is 22.8. The van der Waals surface area contributed by atoms with Gasteiger partial charge in [-0.3, -0.25) is 0 Å². The minimum Gasteiger partial charge on any atom is -0.497 e. The van der Waals surface area contributed by atoms with Gasteiger partial charge in [-0.25, -0.2) is 9.89 Å². The van der Waals surface area contributed by atoms with Crippen molar-refractivity contribution in [3.63, 3.8) is 0 Å². The van der Waals surface area contributed by atoms with Gasteiger partial charge in [-0.05, 0) is 48.5 Å². The number of benzene rings is 2. The Morgan fingerprint density at radius 2 is 1.21 bits per heavy atom. The predicted molar refractivity (Wildman–Crippen MR) is 109 cm³/mol. The van der Waals surface area contributed by atoms with E-state index in [-0.39, 0.29) is 16.3 Å². The molecule has 0 amide bonds. The van der Waals surface area contributed by atoms with Crippen LogP contribution >= 0.6 is 0 Å². The number of rotatable bonds is 4. The van der Waals surface area contributed by atoms with Crippen LogP contribution in [0, 0.1) is 0 Å². The molecule has 11 heteroatoms. The molecule has 0 aromatic heterocycles. The molecule has 174 valence electrons. The van der Waals surface area contributed by atoms with E-state index in [1.165, 1.54) is 26.4 Å². The molecule has 2 aromatic rings. The third-order valence-corrected chi connectivity index (χ3v) is 5.55. The van der Waals surface area contributed by atoms with Crippen LogP contribution in [0.5, 0.6) is 11.5 Å². The number of hydrogen-bond donors (Lipinski definition) is 1. The second-order valence-electron chi connectivity index (χ2n) is 7.42. The molecule has 0 radical (unpaired) electrons. The van der Waals surface area contributed by atoms with Crippen LogP contribution in [0.3, 0.4) is 0 Å². The van der Waals surface area contributed by atoms with Crippen molar-refractivity contribution in [2.75, 3.05) is 14.2 Å². The van der Waals surface area contributed by atoms with E-state index < -0.39 is 29.6 Å². The summed E-state index contributed by atoms with van der Waals surface area (Å²) in [6.07, 6.45) is -11.5. The van der Waals surface area contributed by atoms with Crippen LogP contribution in [0.25, 0.3) is 11.4 Å². The standard InChI is InChI=1S/C22H17F6N3O2/c1-12-30-20(21(23,24)25,22(26,27)28)19-29-17(13-4-8-15(32-2)9-5-13)18(31(12)19)14-6-10-16(33-3)11-7-14/h4-11H,1-3H3/p+1. The van der Waals surface area contributed by atoms with E-state index in [9.17, 15) is 26.3 Å². The van der Waals surface area contributed by atoms with Crippen molar-refractivity contribution in [1.29, 1.82) is 0 Å². The minimum absolute atomic E-state index is 0.0139. The van der Waals surface area contributed by atoms with Gasteiger partial charge in [0.15, 0.2) is 5.70 Å². The summed E-state index contributed by atoms with van der Waals surface area (Å²) < 4.78 is 94.3. The molecule has 2 heterocycles. The first-order valence-corrected chi connectivity index (χ1v) is 9.65. The summed E-state index contributed by atoms with van der Waals surface area (Å²) in [5, 5.41) is 0. The fraction of sp³-hybridized carbons (Fsp3) is 0.273. The lowest BCUT2D eigenvalue weighted by Crippen LogP contribution is -3.13. The zero-order valence-corrected chi connectivity index (χ0v) is 17.6. The van der Waals surface area contributed by atoms with Crippen LogP contribution < -0.4 is 14.4 Å². The maximum absolute atomic E-state index is 14.0. The number of aliphatic imine (C=N–C) groups is 2. The quantitative estimate of drug-likeness (QED) is 0.684. The lowest BCUT2D eigenvalue weighted by atomic mass is 9.97. The van der Waals surface area contributed by atoms with Gasteiger partial charge in [-0.1, -0.05) is 0 Å². The van der Waals surface area contributed by atoms with E-state index in [0.29, 0.717) is 22.6 Å². The van der Waals surface area contributed by atoms with Crippen LogP contribution in [0.15, 0.2) is 58.5 Å². The third kappa shape index (κ3) is 3.38. The van der Waals surface area contributed by atoms with Crippen molar-refractivity contribution in [2.45, 2.75) is 24.8 Å². The minimum atomic E-state index is -5.74. The summed E-state index contributed by atoms with van der Waals surface area (Å²) in [5.41, 5.74) is -3.60. The lowest BCUT2D eigenvalue weighted by Gasteiger charge is -2.28. The van der Waals surface area contributed by atoms with Crippen molar-refractivity contribution in [3.05, 3.63) is 59.7 Å². The number of methoxy groups -OCH3 is 2. The molecule has 4 rings (SSSR count). The van der Waals surface area contributed by atoms with Gasteiger partial charge >= 0.3 is 17.9 Å². The molecule has 1 N–H and O–H groups in total. The number of nitrogens with one attached hydrogen (secondary N) is 1. The Labute approximate surface area is 184 Å². The van der Waals surface area contributed by atoms with Crippen molar-refractivity contribution >= 4 is 23.1 Å². The van der Waals surface area contributed by atoms with Gasteiger partial charge in [-0.15, -0.1) is 0 Å². The first-order valence-electron chi connectivity index (χ1n) is 9.65. The van der Waals surface area contributed by atoms with E-state index >= 15 is 0 Å². The lowest BCUT2D eigenvalue weighted by molar-refractivity contribution is -0.608. The highest BCUT2D eigenvalue weighted by Crippen LogP contribution is 2.49. The summed E-state index contributed by atoms with van der Waals surface area (Å²) >= 11 is 0. The fourth-order valence-electron chi connectivity index (χ4n) is 3.99. The molecule has 0 spiro atoms. The molecule has 0 saturated heterocycles. The number of halogens is 6.